The van der Waals surface area contributed by atoms with Crippen LogP contribution in [0.25, 0.3) is 21.8 Å². The van der Waals surface area contributed by atoms with Crippen LogP contribution in [0, 0.1) is 0 Å². The maximum Gasteiger partial charge on any atom is 0.310 e. The lowest BCUT2D eigenvalue weighted by atomic mass is 9.94. The van der Waals surface area contributed by atoms with Gasteiger partial charge < -0.3 is 9.30 Å². The molecule has 4 rings (SSSR count). The SMILES string of the molecule is COC(=O)Cc1cc2c(cc1C(=O)c1ccccc1)c1ccccc1n2C. The summed E-state index contributed by atoms with van der Waals surface area (Å²) in [6, 6.07) is 21.0. The fourth-order valence-electron chi connectivity index (χ4n) is 3.58. The number of carbonyl (C=O) groups is 2. The summed E-state index contributed by atoms with van der Waals surface area (Å²) in [5.74, 6) is -0.459. The molecule has 27 heavy (non-hydrogen) atoms. The molecule has 0 aliphatic rings. The van der Waals surface area contributed by atoms with E-state index in [1.54, 1.807) is 12.1 Å². The first-order chi connectivity index (χ1) is 13.1. The fourth-order valence-corrected chi connectivity index (χ4v) is 3.58. The highest BCUT2D eigenvalue weighted by atomic mass is 16.5. The van der Waals surface area contributed by atoms with Crippen LogP contribution in [0.4, 0.5) is 0 Å². The van der Waals surface area contributed by atoms with Crippen LogP contribution in [0.2, 0.25) is 0 Å². The highest BCUT2D eigenvalue weighted by molar-refractivity contribution is 6.15. The molecule has 1 aromatic heterocycles. The maximum absolute atomic E-state index is 13.2. The first-order valence-electron chi connectivity index (χ1n) is 8.76. The molecule has 0 unspecified atom stereocenters. The summed E-state index contributed by atoms with van der Waals surface area (Å²) < 4.78 is 6.92. The standard InChI is InChI=1S/C23H19NO3/c1-24-20-11-7-6-10-17(20)19-14-18(23(26)15-8-4-3-5-9-15)16(12-21(19)24)13-22(25)27-2/h3-12,14H,13H2,1-2H3. The van der Waals surface area contributed by atoms with Crippen molar-refractivity contribution in [1.82, 2.24) is 4.57 Å². The second kappa shape index (κ2) is 6.72. The third kappa shape index (κ3) is 2.89. The molecule has 0 saturated heterocycles. The van der Waals surface area contributed by atoms with Gasteiger partial charge in [-0.2, -0.15) is 0 Å². The van der Waals surface area contributed by atoms with Crippen molar-refractivity contribution in [3.8, 4) is 0 Å². The lowest BCUT2D eigenvalue weighted by molar-refractivity contribution is -0.139. The summed E-state index contributed by atoms with van der Waals surface area (Å²) in [5.41, 5.74) is 3.88. The summed E-state index contributed by atoms with van der Waals surface area (Å²) in [5, 5.41) is 2.09. The molecular weight excluding hydrogens is 338 g/mol. The number of hydrogen-bond donors (Lipinski definition) is 0. The minimum atomic E-state index is -0.366. The predicted octanol–water partition coefficient (Wildman–Crippen LogP) is 4.28. The van der Waals surface area contributed by atoms with E-state index < -0.39 is 0 Å². The van der Waals surface area contributed by atoms with Gasteiger partial charge in [0.25, 0.3) is 0 Å². The number of esters is 1. The van der Waals surface area contributed by atoms with E-state index in [1.165, 1.54) is 7.11 Å². The van der Waals surface area contributed by atoms with Gasteiger partial charge in [-0.1, -0.05) is 48.5 Å². The van der Waals surface area contributed by atoms with Gasteiger partial charge in [0.15, 0.2) is 5.78 Å². The highest BCUT2D eigenvalue weighted by Gasteiger charge is 2.19. The van der Waals surface area contributed by atoms with Gasteiger partial charge in [-0.25, -0.2) is 0 Å². The molecule has 0 bridgehead atoms. The summed E-state index contributed by atoms with van der Waals surface area (Å²) >= 11 is 0. The molecule has 0 aliphatic carbocycles. The molecule has 3 aromatic carbocycles. The van der Waals surface area contributed by atoms with Gasteiger partial charge >= 0.3 is 5.97 Å². The Morgan fingerprint density at radius 2 is 1.59 bits per heavy atom. The number of hydrogen-bond acceptors (Lipinski definition) is 3. The van der Waals surface area contributed by atoms with Crippen molar-refractivity contribution in [2.24, 2.45) is 7.05 Å². The van der Waals surface area contributed by atoms with Gasteiger partial charge in [-0.15, -0.1) is 0 Å². The number of nitrogens with zero attached hydrogens (tertiary/aromatic N) is 1. The summed E-state index contributed by atoms with van der Waals surface area (Å²) in [4.78, 5) is 25.1. The van der Waals surface area contributed by atoms with E-state index >= 15 is 0 Å². The number of carbonyl (C=O) groups excluding carboxylic acids is 2. The summed E-state index contributed by atoms with van der Waals surface area (Å²) in [6.45, 7) is 0. The smallest absolute Gasteiger partial charge is 0.310 e. The van der Waals surface area contributed by atoms with Gasteiger partial charge in [0.05, 0.1) is 13.5 Å². The molecule has 0 amide bonds. The average Bonchev–Trinajstić information content (AvgIpc) is 2.99. The Morgan fingerprint density at radius 3 is 2.33 bits per heavy atom. The Hall–Kier alpha value is -3.40. The first kappa shape index (κ1) is 17.0. The van der Waals surface area contributed by atoms with Crippen molar-refractivity contribution in [2.45, 2.75) is 6.42 Å². The van der Waals surface area contributed by atoms with Crippen LogP contribution in [-0.2, 0) is 23.0 Å². The molecule has 0 fully saturated rings. The van der Waals surface area contributed by atoms with Crippen LogP contribution in [-0.4, -0.2) is 23.4 Å². The second-order valence-corrected chi connectivity index (χ2v) is 6.55. The third-order valence-corrected chi connectivity index (χ3v) is 4.98. The second-order valence-electron chi connectivity index (χ2n) is 6.55. The Bertz CT molecular complexity index is 1170. The molecule has 4 nitrogen and oxygen atoms in total. The molecular formula is C23H19NO3. The Labute approximate surface area is 157 Å². The number of ketones is 1. The van der Waals surface area contributed by atoms with Crippen LogP contribution in [0.1, 0.15) is 21.5 Å². The van der Waals surface area contributed by atoms with Crippen LogP contribution in [0.3, 0.4) is 0 Å². The number of ether oxygens (including phenoxy) is 1. The number of aryl methyl sites for hydroxylation is 1. The van der Waals surface area contributed by atoms with E-state index in [0.29, 0.717) is 16.7 Å². The number of benzene rings is 3. The normalized spacial score (nSPS) is 11.0. The van der Waals surface area contributed by atoms with Crippen molar-refractivity contribution < 1.29 is 14.3 Å². The van der Waals surface area contributed by atoms with E-state index in [4.69, 9.17) is 4.74 Å². The van der Waals surface area contributed by atoms with Gasteiger partial charge in [-0.3, -0.25) is 9.59 Å². The average molecular weight is 357 g/mol. The van der Waals surface area contributed by atoms with Crippen molar-refractivity contribution in [2.75, 3.05) is 7.11 Å². The van der Waals surface area contributed by atoms with Gasteiger partial charge in [0, 0.05) is 40.0 Å². The van der Waals surface area contributed by atoms with Gasteiger partial charge in [-0.05, 0) is 23.8 Å². The van der Waals surface area contributed by atoms with Gasteiger partial charge in [0.2, 0.25) is 0 Å². The van der Waals surface area contributed by atoms with Crippen LogP contribution >= 0.6 is 0 Å². The third-order valence-electron chi connectivity index (χ3n) is 4.98. The highest BCUT2D eigenvalue weighted by Crippen LogP contribution is 2.31. The largest absolute Gasteiger partial charge is 0.469 e. The fraction of sp³-hybridized carbons (Fsp3) is 0.130. The Balaban J connectivity index is 1.99. The van der Waals surface area contributed by atoms with E-state index in [0.717, 1.165) is 21.8 Å². The quantitative estimate of drug-likeness (QED) is 0.405. The van der Waals surface area contributed by atoms with Crippen molar-refractivity contribution in [3.63, 3.8) is 0 Å². The zero-order valence-corrected chi connectivity index (χ0v) is 15.2. The minimum absolute atomic E-state index is 0.0574. The topological polar surface area (TPSA) is 48.3 Å². The van der Waals surface area contributed by atoms with Gasteiger partial charge in [0.1, 0.15) is 0 Å². The molecule has 0 saturated carbocycles. The van der Waals surface area contributed by atoms with E-state index in [9.17, 15) is 9.59 Å². The lowest BCUT2D eigenvalue weighted by Crippen LogP contribution is -2.11. The first-order valence-corrected chi connectivity index (χ1v) is 8.76. The number of methoxy groups -OCH3 is 1. The predicted molar refractivity (Wildman–Crippen MR) is 106 cm³/mol. The van der Waals surface area contributed by atoms with Crippen molar-refractivity contribution in [1.29, 1.82) is 0 Å². The summed E-state index contributed by atoms with van der Waals surface area (Å²) in [7, 11) is 3.35. The molecule has 1 heterocycles. The number of para-hydroxylation sites is 1. The molecule has 4 aromatic rings. The Kier molecular flexibility index (Phi) is 4.24. The molecule has 134 valence electrons. The molecule has 4 heteroatoms. The number of fused-ring (bicyclic) bond motifs is 3. The molecule has 0 N–H and O–H groups in total. The van der Waals surface area contributed by atoms with Crippen molar-refractivity contribution >= 4 is 33.6 Å². The maximum atomic E-state index is 13.2. The molecule has 0 atom stereocenters. The lowest BCUT2D eigenvalue weighted by Gasteiger charge is -2.10. The van der Waals surface area contributed by atoms with E-state index in [-0.39, 0.29) is 18.2 Å². The van der Waals surface area contributed by atoms with E-state index in [2.05, 4.69) is 10.6 Å². The zero-order chi connectivity index (χ0) is 19.0. The van der Waals surface area contributed by atoms with Crippen LogP contribution < -0.4 is 0 Å². The molecule has 0 spiro atoms. The summed E-state index contributed by atoms with van der Waals surface area (Å²) in [6.07, 6.45) is 0.0574. The van der Waals surface area contributed by atoms with Crippen LogP contribution in [0.5, 0.6) is 0 Å². The zero-order valence-electron chi connectivity index (χ0n) is 15.2. The van der Waals surface area contributed by atoms with Crippen molar-refractivity contribution in [3.05, 3.63) is 83.4 Å². The number of rotatable bonds is 4. The van der Waals surface area contributed by atoms with E-state index in [1.807, 2.05) is 55.6 Å². The Morgan fingerprint density at radius 1 is 0.889 bits per heavy atom. The van der Waals surface area contributed by atoms with Crippen LogP contribution in [0.15, 0.2) is 66.7 Å². The molecule has 0 radical (unpaired) electrons. The molecule has 0 aliphatic heterocycles. The minimum Gasteiger partial charge on any atom is -0.469 e. The monoisotopic (exact) mass is 357 g/mol. The number of aromatic nitrogens is 1.